The van der Waals surface area contributed by atoms with Gasteiger partial charge in [-0.1, -0.05) is 6.08 Å². The summed E-state index contributed by atoms with van der Waals surface area (Å²) in [5, 5.41) is 0. The van der Waals surface area contributed by atoms with Crippen LogP contribution in [0, 0.1) is 0 Å². The molecule has 0 aliphatic heterocycles. The molecular formula is C19H36O9. The maximum absolute atomic E-state index is 10.5. The molecule has 0 heterocycles. The summed E-state index contributed by atoms with van der Waals surface area (Å²) in [4.78, 5) is 10.5. The van der Waals surface area contributed by atoms with Gasteiger partial charge in [-0.15, -0.1) is 6.58 Å². The van der Waals surface area contributed by atoms with Crippen LogP contribution in [0.3, 0.4) is 0 Å². The quantitative estimate of drug-likeness (QED) is 0.139. The highest BCUT2D eigenvalue weighted by Gasteiger charge is 1.95. The molecule has 0 rings (SSSR count). The average molecular weight is 408 g/mol. The lowest BCUT2D eigenvalue weighted by molar-refractivity contribution is -0.142. The van der Waals surface area contributed by atoms with Crippen LogP contribution in [0.1, 0.15) is 6.92 Å². The van der Waals surface area contributed by atoms with E-state index in [1.165, 1.54) is 6.92 Å². The van der Waals surface area contributed by atoms with Gasteiger partial charge in [0.25, 0.3) is 0 Å². The van der Waals surface area contributed by atoms with Crippen molar-refractivity contribution in [3.63, 3.8) is 0 Å². The minimum absolute atomic E-state index is 0.267. The van der Waals surface area contributed by atoms with Crippen LogP contribution in [0.25, 0.3) is 0 Å². The number of rotatable bonds is 23. The second-order valence-corrected chi connectivity index (χ2v) is 5.38. The van der Waals surface area contributed by atoms with Crippen molar-refractivity contribution in [3.05, 3.63) is 12.7 Å². The van der Waals surface area contributed by atoms with Crippen LogP contribution in [-0.2, 0) is 42.7 Å². The molecule has 166 valence electrons. The van der Waals surface area contributed by atoms with Gasteiger partial charge >= 0.3 is 5.97 Å². The van der Waals surface area contributed by atoms with Crippen molar-refractivity contribution in [1.29, 1.82) is 0 Å². The van der Waals surface area contributed by atoms with E-state index in [0.29, 0.717) is 92.5 Å². The summed E-state index contributed by atoms with van der Waals surface area (Å²) in [6.07, 6.45) is 1.71. The van der Waals surface area contributed by atoms with Crippen molar-refractivity contribution < 1.29 is 42.7 Å². The van der Waals surface area contributed by atoms with Crippen LogP contribution in [0.15, 0.2) is 12.7 Å². The fraction of sp³-hybridized carbons (Fsp3) is 0.842. The number of esters is 1. The molecule has 0 aromatic heterocycles. The normalized spacial score (nSPS) is 10.9. The number of carbonyl (C=O) groups is 1. The molecule has 0 aromatic rings. The molecule has 9 nitrogen and oxygen atoms in total. The fourth-order valence-electron chi connectivity index (χ4n) is 1.73. The first-order chi connectivity index (χ1) is 13.8. The van der Waals surface area contributed by atoms with Gasteiger partial charge in [0.1, 0.15) is 6.61 Å². The summed E-state index contributed by atoms with van der Waals surface area (Å²) in [5.41, 5.74) is 0. The van der Waals surface area contributed by atoms with Gasteiger partial charge in [-0.2, -0.15) is 0 Å². The number of ether oxygens (including phenoxy) is 8. The van der Waals surface area contributed by atoms with Gasteiger partial charge in [0.05, 0.1) is 92.5 Å². The molecule has 0 bridgehead atoms. The molecule has 0 fully saturated rings. The van der Waals surface area contributed by atoms with Gasteiger partial charge in [-0.05, 0) is 0 Å². The Kier molecular flexibility index (Phi) is 23.1. The predicted octanol–water partition coefficient (Wildman–Crippen LogP) is 0.852. The summed E-state index contributed by atoms with van der Waals surface area (Å²) in [5.74, 6) is -0.306. The first-order valence-corrected chi connectivity index (χ1v) is 9.55. The van der Waals surface area contributed by atoms with Crippen LogP contribution in [0.2, 0.25) is 0 Å². The first kappa shape index (κ1) is 26.9. The zero-order chi connectivity index (χ0) is 20.5. The summed E-state index contributed by atoms with van der Waals surface area (Å²) in [7, 11) is 0. The molecule has 0 saturated carbocycles. The molecule has 0 N–H and O–H groups in total. The van der Waals surface area contributed by atoms with Crippen LogP contribution in [-0.4, -0.2) is 105 Å². The Hall–Kier alpha value is -1.07. The van der Waals surface area contributed by atoms with Crippen molar-refractivity contribution in [1.82, 2.24) is 0 Å². The highest BCUT2D eigenvalue weighted by Crippen LogP contribution is 1.85. The van der Waals surface area contributed by atoms with Crippen LogP contribution in [0.4, 0.5) is 0 Å². The number of hydrogen-bond donors (Lipinski definition) is 0. The van der Waals surface area contributed by atoms with Crippen LogP contribution < -0.4 is 0 Å². The van der Waals surface area contributed by atoms with Crippen LogP contribution in [0.5, 0.6) is 0 Å². The second kappa shape index (κ2) is 24.0. The molecule has 0 amide bonds. The lowest BCUT2D eigenvalue weighted by atomic mass is 10.6. The summed E-state index contributed by atoms with van der Waals surface area (Å²) < 4.78 is 41.9. The Morgan fingerprint density at radius 3 is 1.14 bits per heavy atom. The topological polar surface area (TPSA) is 90.9 Å². The molecule has 0 spiro atoms. The van der Waals surface area contributed by atoms with E-state index in [0.717, 1.165) is 0 Å². The predicted molar refractivity (Wildman–Crippen MR) is 103 cm³/mol. The minimum atomic E-state index is -0.306. The largest absolute Gasteiger partial charge is 0.463 e. The Morgan fingerprint density at radius 1 is 0.571 bits per heavy atom. The van der Waals surface area contributed by atoms with Gasteiger partial charge < -0.3 is 37.9 Å². The molecule has 0 unspecified atom stereocenters. The maximum atomic E-state index is 10.5. The molecule has 0 radical (unpaired) electrons. The van der Waals surface area contributed by atoms with E-state index in [4.69, 9.17) is 37.9 Å². The average Bonchev–Trinajstić information content (AvgIpc) is 2.68. The van der Waals surface area contributed by atoms with Gasteiger partial charge in [-0.25, -0.2) is 0 Å². The van der Waals surface area contributed by atoms with E-state index in [-0.39, 0.29) is 12.6 Å². The lowest BCUT2D eigenvalue weighted by Gasteiger charge is -2.08. The Bertz CT molecular complexity index is 339. The third kappa shape index (κ3) is 24.9. The molecule has 0 aliphatic rings. The third-order valence-electron chi connectivity index (χ3n) is 3.00. The smallest absolute Gasteiger partial charge is 0.302 e. The number of carbonyl (C=O) groups excluding carboxylic acids is 1. The molecule has 9 heteroatoms. The van der Waals surface area contributed by atoms with Gasteiger partial charge in [0.15, 0.2) is 0 Å². The van der Waals surface area contributed by atoms with E-state index < -0.39 is 0 Å². The van der Waals surface area contributed by atoms with Crippen molar-refractivity contribution >= 4 is 5.97 Å². The molecule has 28 heavy (non-hydrogen) atoms. The summed E-state index contributed by atoms with van der Waals surface area (Å²) in [6, 6.07) is 0. The van der Waals surface area contributed by atoms with Gasteiger partial charge in [0, 0.05) is 6.92 Å². The van der Waals surface area contributed by atoms with Crippen molar-refractivity contribution in [3.8, 4) is 0 Å². The monoisotopic (exact) mass is 408 g/mol. The molecule has 0 atom stereocenters. The van der Waals surface area contributed by atoms with Gasteiger partial charge in [-0.3, -0.25) is 4.79 Å². The Labute approximate surface area is 168 Å². The fourth-order valence-corrected chi connectivity index (χ4v) is 1.73. The van der Waals surface area contributed by atoms with Crippen molar-refractivity contribution in [2.24, 2.45) is 0 Å². The maximum Gasteiger partial charge on any atom is 0.302 e. The zero-order valence-electron chi connectivity index (χ0n) is 17.1. The van der Waals surface area contributed by atoms with E-state index in [1.54, 1.807) is 6.08 Å². The number of hydrogen-bond acceptors (Lipinski definition) is 9. The SMILES string of the molecule is C=CCOCCOCCOCCOCCOCCOCCOCCOC(C)=O. The van der Waals surface area contributed by atoms with Crippen molar-refractivity contribution in [2.75, 3.05) is 99.1 Å². The highest BCUT2D eigenvalue weighted by molar-refractivity contribution is 5.65. The van der Waals surface area contributed by atoms with E-state index in [1.807, 2.05) is 0 Å². The molecule has 0 aromatic carbocycles. The summed E-state index contributed by atoms with van der Waals surface area (Å²) in [6.45, 7) is 12.3. The van der Waals surface area contributed by atoms with E-state index >= 15 is 0 Å². The Balaban J connectivity index is 2.99. The minimum Gasteiger partial charge on any atom is -0.463 e. The van der Waals surface area contributed by atoms with E-state index in [2.05, 4.69) is 6.58 Å². The van der Waals surface area contributed by atoms with E-state index in [9.17, 15) is 4.79 Å². The summed E-state index contributed by atoms with van der Waals surface area (Å²) >= 11 is 0. The molecule has 0 saturated heterocycles. The molecular weight excluding hydrogens is 372 g/mol. The van der Waals surface area contributed by atoms with Gasteiger partial charge in [0.2, 0.25) is 0 Å². The second-order valence-electron chi connectivity index (χ2n) is 5.38. The van der Waals surface area contributed by atoms with Crippen LogP contribution >= 0.6 is 0 Å². The third-order valence-corrected chi connectivity index (χ3v) is 3.00. The Morgan fingerprint density at radius 2 is 0.857 bits per heavy atom. The zero-order valence-corrected chi connectivity index (χ0v) is 17.1. The molecule has 0 aliphatic carbocycles. The first-order valence-electron chi connectivity index (χ1n) is 9.55. The standard InChI is InChI=1S/C19H36O9/c1-3-4-21-5-6-22-7-8-23-9-10-24-11-12-25-13-14-26-15-16-27-17-18-28-19(2)20/h3H,1,4-18H2,2H3. The highest BCUT2D eigenvalue weighted by atomic mass is 16.6. The lowest BCUT2D eigenvalue weighted by Crippen LogP contribution is -2.15. The van der Waals surface area contributed by atoms with Crippen molar-refractivity contribution in [2.45, 2.75) is 6.92 Å².